The maximum atomic E-state index is 12.4. The van der Waals surface area contributed by atoms with Gasteiger partial charge in [0.2, 0.25) is 15.9 Å². The van der Waals surface area contributed by atoms with E-state index in [4.69, 9.17) is 0 Å². The molecule has 0 saturated heterocycles. The number of rotatable bonds is 9. The van der Waals surface area contributed by atoms with Crippen molar-refractivity contribution < 1.29 is 18.0 Å². The molecule has 0 aliphatic rings. The van der Waals surface area contributed by atoms with Gasteiger partial charge in [-0.3, -0.25) is 9.59 Å². The maximum Gasteiger partial charge on any atom is 0.251 e. The van der Waals surface area contributed by atoms with E-state index in [9.17, 15) is 18.0 Å². The van der Waals surface area contributed by atoms with E-state index < -0.39 is 10.0 Å². The molecule has 150 valence electrons. The van der Waals surface area contributed by atoms with Crippen LogP contribution in [0.25, 0.3) is 0 Å². The fourth-order valence-corrected chi connectivity index (χ4v) is 3.89. The van der Waals surface area contributed by atoms with Crippen molar-refractivity contribution in [3.8, 4) is 0 Å². The molecule has 0 aliphatic heterocycles. The van der Waals surface area contributed by atoms with Gasteiger partial charge in [-0.1, -0.05) is 30.3 Å². The Bertz CT molecular complexity index is 928. The molecule has 0 fully saturated rings. The van der Waals surface area contributed by atoms with Gasteiger partial charge >= 0.3 is 0 Å². The molecule has 2 rings (SSSR count). The van der Waals surface area contributed by atoms with Crippen molar-refractivity contribution in [1.29, 1.82) is 0 Å². The predicted molar refractivity (Wildman–Crippen MR) is 108 cm³/mol. The fraction of sp³-hybridized carbons (Fsp3) is 0.300. The highest BCUT2D eigenvalue weighted by molar-refractivity contribution is 7.89. The van der Waals surface area contributed by atoms with Crippen molar-refractivity contribution in [3.05, 3.63) is 65.2 Å². The zero-order valence-electron chi connectivity index (χ0n) is 16.0. The Balaban J connectivity index is 1.70. The van der Waals surface area contributed by atoms with Crippen LogP contribution >= 0.6 is 0 Å². The molecule has 0 saturated carbocycles. The summed E-state index contributed by atoms with van der Waals surface area (Å²) >= 11 is 0. The van der Waals surface area contributed by atoms with Gasteiger partial charge in [-0.15, -0.1) is 0 Å². The molecule has 0 bridgehead atoms. The van der Waals surface area contributed by atoms with E-state index in [-0.39, 0.29) is 42.8 Å². The number of nitrogens with one attached hydrogen (secondary N) is 3. The normalized spacial score (nSPS) is 11.1. The summed E-state index contributed by atoms with van der Waals surface area (Å²) in [5.74, 6) is -0.506. The van der Waals surface area contributed by atoms with Crippen LogP contribution in [-0.4, -0.2) is 39.9 Å². The molecule has 28 heavy (non-hydrogen) atoms. The molecule has 0 aliphatic carbocycles. The van der Waals surface area contributed by atoms with Crippen LogP contribution in [0.2, 0.25) is 0 Å². The second-order valence-corrected chi connectivity index (χ2v) is 8.12. The van der Waals surface area contributed by atoms with Gasteiger partial charge in [-0.05, 0) is 43.2 Å². The minimum atomic E-state index is -3.66. The highest BCUT2D eigenvalue weighted by Crippen LogP contribution is 2.16. The Morgan fingerprint density at radius 1 is 0.893 bits per heavy atom. The lowest BCUT2D eigenvalue weighted by molar-refractivity contribution is -0.120. The maximum absolute atomic E-state index is 12.4. The fourth-order valence-electron chi connectivity index (χ4n) is 2.53. The summed E-state index contributed by atoms with van der Waals surface area (Å²) in [5.41, 5.74) is 2.05. The second kappa shape index (κ2) is 10.0. The molecular weight excluding hydrogens is 378 g/mol. The van der Waals surface area contributed by atoms with E-state index in [0.29, 0.717) is 11.1 Å². The Morgan fingerprint density at radius 3 is 2.29 bits per heavy atom. The van der Waals surface area contributed by atoms with E-state index in [1.807, 2.05) is 19.1 Å². The molecule has 2 amide bonds. The SMILES string of the molecule is Cc1ccc(C)c(S(=O)(=O)NCCC(=O)NCCNC(=O)c2ccccc2)c1. The van der Waals surface area contributed by atoms with Crippen LogP contribution in [0.1, 0.15) is 27.9 Å². The molecule has 8 heteroatoms. The summed E-state index contributed by atoms with van der Waals surface area (Å²) in [6.07, 6.45) is 0.0106. The van der Waals surface area contributed by atoms with E-state index >= 15 is 0 Å². The molecule has 0 spiro atoms. The molecular formula is C20H25N3O4S. The van der Waals surface area contributed by atoms with Gasteiger partial charge in [0.1, 0.15) is 0 Å². The average molecular weight is 404 g/mol. The Kier molecular flexibility index (Phi) is 7.71. The molecule has 0 heterocycles. The first kappa shape index (κ1) is 21.6. The van der Waals surface area contributed by atoms with E-state index in [1.165, 1.54) is 0 Å². The average Bonchev–Trinajstić information content (AvgIpc) is 2.67. The molecule has 7 nitrogen and oxygen atoms in total. The van der Waals surface area contributed by atoms with Crippen molar-refractivity contribution >= 4 is 21.8 Å². The van der Waals surface area contributed by atoms with E-state index in [1.54, 1.807) is 43.3 Å². The lowest BCUT2D eigenvalue weighted by atomic mass is 10.2. The molecule has 0 unspecified atom stereocenters. The largest absolute Gasteiger partial charge is 0.354 e. The highest BCUT2D eigenvalue weighted by atomic mass is 32.2. The van der Waals surface area contributed by atoms with Crippen LogP contribution < -0.4 is 15.4 Å². The lowest BCUT2D eigenvalue weighted by Gasteiger charge is -2.10. The van der Waals surface area contributed by atoms with Crippen molar-refractivity contribution in [1.82, 2.24) is 15.4 Å². The van der Waals surface area contributed by atoms with Crippen LogP contribution in [0.3, 0.4) is 0 Å². The van der Waals surface area contributed by atoms with Gasteiger partial charge in [0, 0.05) is 31.6 Å². The van der Waals surface area contributed by atoms with Crippen LogP contribution in [0, 0.1) is 13.8 Å². The summed E-state index contributed by atoms with van der Waals surface area (Å²) in [4.78, 5) is 23.9. The van der Waals surface area contributed by atoms with Crippen molar-refractivity contribution in [3.63, 3.8) is 0 Å². The topological polar surface area (TPSA) is 104 Å². The smallest absolute Gasteiger partial charge is 0.251 e. The minimum absolute atomic E-state index is 0.00206. The number of carbonyl (C=O) groups excluding carboxylic acids is 2. The van der Waals surface area contributed by atoms with Crippen molar-refractivity contribution in [2.24, 2.45) is 0 Å². The molecule has 0 radical (unpaired) electrons. The number of aryl methyl sites for hydroxylation is 2. The zero-order chi connectivity index (χ0) is 20.6. The monoisotopic (exact) mass is 403 g/mol. The first-order valence-corrected chi connectivity index (χ1v) is 10.4. The number of carbonyl (C=O) groups is 2. The third kappa shape index (κ3) is 6.47. The molecule has 3 N–H and O–H groups in total. The number of hydrogen-bond donors (Lipinski definition) is 3. The quantitative estimate of drug-likeness (QED) is 0.552. The van der Waals surface area contributed by atoms with Crippen LogP contribution in [0.15, 0.2) is 53.4 Å². The Hall–Kier alpha value is -2.71. The van der Waals surface area contributed by atoms with E-state index in [2.05, 4.69) is 15.4 Å². The van der Waals surface area contributed by atoms with Crippen LogP contribution in [0.5, 0.6) is 0 Å². The predicted octanol–water partition coefficient (Wildman–Crippen LogP) is 1.52. The number of sulfonamides is 1. The first-order valence-electron chi connectivity index (χ1n) is 8.96. The molecule has 0 aromatic heterocycles. The molecule has 2 aromatic carbocycles. The summed E-state index contributed by atoms with van der Waals surface area (Å²) in [5, 5.41) is 5.35. The molecule has 2 aromatic rings. The zero-order valence-corrected chi connectivity index (χ0v) is 16.8. The van der Waals surface area contributed by atoms with Crippen molar-refractivity contribution in [2.75, 3.05) is 19.6 Å². The van der Waals surface area contributed by atoms with Crippen molar-refractivity contribution in [2.45, 2.75) is 25.2 Å². The third-order valence-corrected chi connectivity index (χ3v) is 5.65. The summed E-state index contributed by atoms with van der Waals surface area (Å²) in [6, 6.07) is 14.0. The van der Waals surface area contributed by atoms with Gasteiger partial charge in [-0.2, -0.15) is 0 Å². The number of amides is 2. The summed E-state index contributed by atoms with van der Waals surface area (Å²) < 4.78 is 27.2. The summed E-state index contributed by atoms with van der Waals surface area (Å²) in [6.45, 7) is 4.10. The van der Waals surface area contributed by atoms with Crippen LogP contribution in [0.4, 0.5) is 0 Å². The van der Waals surface area contributed by atoms with Gasteiger partial charge in [-0.25, -0.2) is 13.1 Å². The highest BCUT2D eigenvalue weighted by Gasteiger charge is 2.17. The van der Waals surface area contributed by atoms with Gasteiger partial charge in [0.05, 0.1) is 4.90 Å². The Labute approximate surface area is 165 Å². The first-order chi connectivity index (χ1) is 13.3. The minimum Gasteiger partial charge on any atom is -0.354 e. The lowest BCUT2D eigenvalue weighted by Crippen LogP contribution is -2.36. The van der Waals surface area contributed by atoms with Gasteiger partial charge in [0.15, 0.2) is 0 Å². The van der Waals surface area contributed by atoms with Gasteiger partial charge in [0.25, 0.3) is 5.91 Å². The molecule has 0 atom stereocenters. The number of benzene rings is 2. The summed E-state index contributed by atoms with van der Waals surface area (Å²) in [7, 11) is -3.66. The standard InChI is InChI=1S/C20H25N3O4S/c1-15-8-9-16(2)18(14-15)28(26,27)23-11-10-19(24)21-12-13-22-20(25)17-6-4-3-5-7-17/h3-9,14,23H,10-13H2,1-2H3,(H,21,24)(H,22,25). The third-order valence-electron chi connectivity index (χ3n) is 4.05. The van der Waals surface area contributed by atoms with E-state index in [0.717, 1.165) is 5.56 Å². The number of hydrogen-bond acceptors (Lipinski definition) is 4. The second-order valence-electron chi connectivity index (χ2n) is 6.39. The van der Waals surface area contributed by atoms with Gasteiger partial charge < -0.3 is 10.6 Å². The Morgan fingerprint density at radius 2 is 1.57 bits per heavy atom. The van der Waals surface area contributed by atoms with Crippen LogP contribution in [-0.2, 0) is 14.8 Å².